The Morgan fingerprint density at radius 3 is 1.85 bits per heavy atom. The van der Waals surface area contributed by atoms with E-state index in [9.17, 15) is 24.0 Å². The summed E-state index contributed by atoms with van der Waals surface area (Å²) >= 11 is 0. The third kappa shape index (κ3) is 19.6. The van der Waals surface area contributed by atoms with E-state index in [4.69, 9.17) is 36.3 Å². The lowest BCUT2D eigenvalue weighted by Gasteiger charge is -2.31. The molecule has 14 heteroatoms. The fourth-order valence-electron chi connectivity index (χ4n) is 3.48. The van der Waals surface area contributed by atoms with E-state index in [1.165, 1.54) is 12.2 Å². The third-order valence-electron chi connectivity index (χ3n) is 5.98. The maximum atomic E-state index is 11.9. The van der Waals surface area contributed by atoms with Crippen LogP contribution in [0.25, 0.3) is 0 Å². The molecule has 1 aromatic rings. The van der Waals surface area contributed by atoms with Gasteiger partial charge in [0.2, 0.25) is 0 Å². The van der Waals surface area contributed by atoms with Crippen molar-refractivity contribution >= 4 is 30.1 Å². The average molecular weight is 649 g/mol. The number of nitrogens with zero attached hydrogens (tertiary/aromatic N) is 1. The second-order valence-corrected chi connectivity index (χ2v) is 11.1. The first-order valence-corrected chi connectivity index (χ1v) is 14.5. The summed E-state index contributed by atoms with van der Waals surface area (Å²) in [6.45, 7) is 13.6. The Balaban J connectivity index is 0.000000718. The lowest BCUT2D eigenvalue weighted by Crippen LogP contribution is -2.40. The minimum Gasteiger partial charge on any atom is -0.480 e. The van der Waals surface area contributed by atoms with E-state index in [-0.39, 0.29) is 19.1 Å². The largest absolute Gasteiger partial charge is 0.480 e. The quantitative estimate of drug-likeness (QED) is 0.178. The molecule has 2 amide bonds. The van der Waals surface area contributed by atoms with E-state index in [1.54, 1.807) is 4.90 Å². The molecule has 0 unspecified atom stereocenters. The van der Waals surface area contributed by atoms with Gasteiger partial charge in [0, 0.05) is 13.1 Å². The molecule has 0 aliphatic carbocycles. The van der Waals surface area contributed by atoms with Gasteiger partial charge in [-0.1, -0.05) is 54.1 Å². The van der Waals surface area contributed by atoms with Crippen molar-refractivity contribution in [1.29, 1.82) is 0 Å². The second kappa shape index (κ2) is 21.9. The van der Waals surface area contributed by atoms with E-state index in [0.717, 1.165) is 24.0 Å². The zero-order valence-electron chi connectivity index (χ0n) is 26.7. The predicted octanol–water partition coefficient (Wildman–Crippen LogP) is 3.66. The molecule has 3 atom stereocenters. The van der Waals surface area contributed by atoms with Crippen LogP contribution in [-0.4, -0.2) is 87.1 Å². The molecule has 0 bridgehead atoms. The molecular formula is C32H48N4O10. The number of benzene rings is 1. The monoisotopic (exact) mass is 648 g/mol. The number of carbonyl (C=O) groups is 5. The number of hydrogen-bond acceptors (Lipinski definition) is 9. The standard InChI is InChI=1S/C14H24N2O4.C13H15NO4.C5H9NO2/c1-14(2,3)20-13(19)16-8-6-10(7-9-16)4-5-11(15)12(17)18;1-2-6-11(12(15)16)14-13(17)18-9-10-7-4-3-5-8-10;1-2-3-4(6)5(7)8/h4,11H,5-9,15H2,1-3H3,(H,17,18);2-5,7-8,11H,1,6,9H2,(H,14,17)(H,15,16);2,4H,1,3,6H2,(H,7,8)/t2*11-;4-/m111/s1. The summed E-state index contributed by atoms with van der Waals surface area (Å²) in [5.74, 6) is -3.09. The van der Waals surface area contributed by atoms with Gasteiger partial charge < -0.3 is 46.5 Å². The number of ether oxygens (including phenoxy) is 2. The lowest BCUT2D eigenvalue weighted by atomic mass is 10.0. The van der Waals surface area contributed by atoms with Crippen molar-refractivity contribution in [2.24, 2.45) is 11.5 Å². The molecule has 8 N–H and O–H groups in total. The van der Waals surface area contributed by atoms with Crippen LogP contribution in [0.3, 0.4) is 0 Å². The van der Waals surface area contributed by atoms with Crippen molar-refractivity contribution in [1.82, 2.24) is 10.2 Å². The molecule has 1 heterocycles. The van der Waals surface area contributed by atoms with Gasteiger partial charge in [0.15, 0.2) is 0 Å². The highest BCUT2D eigenvalue weighted by molar-refractivity contribution is 5.80. The van der Waals surface area contributed by atoms with Crippen molar-refractivity contribution in [2.45, 2.75) is 83.2 Å². The molecule has 0 radical (unpaired) electrons. The maximum absolute atomic E-state index is 11.9. The van der Waals surface area contributed by atoms with Crippen LogP contribution in [-0.2, 0) is 30.5 Å². The fourth-order valence-corrected chi connectivity index (χ4v) is 3.48. The SMILES string of the molecule is C=CC[C@@H](N)C(=O)O.C=CC[C@@H](NC(=O)OCc1ccccc1)C(=O)O.CC(C)(C)OC(=O)N1CCC(=CC[C@@H](N)C(=O)O)CC1. The Kier molecular flexibility index (Phi) is 19.7. The van der Waals surface area contributed by atoms with E-state index in [1.807, 2.05) is 57.2 Å². The van der Waals surface area contributed by atoms with Crippen LogP contribution in [0.4, 0.5) is 9.59 Å². The Morgan fingerprint density at radius 1 is 0.891 bits per heavy atom. The Morgan fingerprint density at radius 2 is 1.41 bits per heavy atom. The highest BCUT2D eigenvalue weighted by Gasteiger charge is 2.25. The molecule has 0 spiro atoms. The predicted molar refractivity (Wildman–Crippen MR) is 172 cm³/mol. The molecule has 1 saturated heterocycles. The number of likely N-dealkylation sites (tertiary alicyclic amines) is 1. The number of carbonyl (C=O) groups excluding carboxylic acids is 2. The summed E-state index contributed by atoms with van der Waals surface area (Å²) in [7, 11) is 0. The van der Waals surface area contributed by atoms with Crippen molar-refractivity contribution in [3.8, 4) is 0 Å². The number of carboxylic acid groups (broad SMARTS) is 3. The van der Waals surface area contributed by atoms with Crippen LogP contribution in [0.2, 0.25) is 0 Å². The van der Waals surface area contributed by atoms with Gasteiger partial charge >= 0.3 is 30.1 Å². The zero-order chi connectivity index (χ0) is 35.3. The van der Waals surface area contributed by atoms with E-state index < -0.39 is 47.7 Å². The van der Waals surface area contributed by atoms with Gasteiger partial charge in [0.25, 0.3) is 0 Å². The molecule has 2 rings (SSSR count). The van der Waals surface area contributed by atoms with Crippen LogP contribution in [0.5, 0.6) is 0 Å². The van der Waals surface area contributed by atoms with Gasteiger partial charge in [0.05, 0.1) is 0 Å². The van der Waals surface area contributed by atoms with Crippen molar-refractivity contribution in [3.63, 3.8) is 0 Å². The molecule has 0 aromatic heterocycles. The zero-order valence-corrected chi connectivity index (χ0v) is 26.7. The first-order chi connectivity index (χ1) is 21.5. The van der Waals surface area contributed by atoms with Gasteiger partial charge in [-0.25, -0.2) is 14.4 Å². The summed E-state index contributed by atoms with van der Waals surface area (Å²) in [6, 6.07) is 6.48. The lowest BCUT2D eigenvalue weighted by molar-refractivity contribution is -0.139. The highest BCUT2D eigenvalue weighted by atomic mass is 16.6. The number of aliphatic carboxylic acids is 3. The summed E-state index contributed by atoms with van der Waals surface area (Å²) in [4.78, 5) is 56.2. The van der Waals surface area contributed by atoms with Gasteiger partial charge in [0.1, 0.15) is 30.3 Å². The van der Waals surface area contributed by atoms with Crippen LogP contribution in [0.15, 0.2) is 67.3 Å². The van der Waals surface area contributed by atoms with Crippen molar-refractivity contribution in [2.75, 3.05) is 13.1 Å². The number of rotatable bonds is 12. The van der Waals surface area contributed by atoms with Crippen LogP contribution in [0, 0.1) is 0 Å². The second-order valence-electron chi connectivity index (χ2n) is 11.1. The number of nitrogens with two attached hydrogens (primary N) is 2. The van der Waals surface area contributed by atoms with E-state index >= 15 is 0 Å². The maximum Gasteiger partial charge on any atom is 0.410 e. The first-order valence-electron chi connectivity index (χ1n) is 14.5. The topological polar surface area (TPSA) is 232 Å². The normalized spacial score (nSPS) is 14.3. The molecule has 1 fully saturated rings. The summed E-state index contributed by atoms with van der Waals surface area (Å²) in [6.07, 6.45) is 6.03. The summed E-state index contributed by atoms with van der Waals surface area (Å²) in [5.41, 5.74) is 12.0. The van der Waals surface area contributed by atoms with Gasteiger partial charge in [-0.3, -0.25) is 9.59 Å². The molecule has 1 aliphatic heterocycles. The van der Waals surface area contributed by atoms with Crippen LogP contribution in [0.1, 0.15) is 58.4 Å². The molecule has 256 valence electrons. The first kappa shape index (κ1) is 41.3. The molecule has 0 saturated carbocycles. The minimum atomic E-state index is -1.12. The molecular weight excluding hydrogens is 600 g/mol. The Labute approximate surface area is 269 Å². The Bertz CT molecular complexity index is 1170. The average Bonchev–Trinajstić information content (AvgIpc) is 2.99. The molecule has 46 heavy (non-hydrogen) atoms. The van der Waals surface area contributed by atoms with Gasteiger partial charge in [-0.05, 0) is 58.4 Å². The number of amides is 2. The number of nitrogens with one attached hydrogen (secondary N) is 1. The number of hydrogen-bond donors (Lipinski definition) is 6. The summed E-state index contributed by atoms with van der Waals surface area (Å²) < 4.78 is 10.2. The molecule has 14 nitrogen and oxygen atoms in total. The van der Waals surface area contributed by atoms with Crippen LogP contribution >= 0.6 is 0 Å². The number of piperidine rings is 1. The molecule has 1 aliphatic rings. The minimum absolute atomic E-state index is 0.104. The highest BCUT2D eigenvalue weighted by Crippen LogP contribution is 2.19. The summed E-state index contributed by atoms with van der Waals surface area (Å²) in [5, 5.41) is 27.9. The van der Waals surface area contributed by atoms with Crippen molar-refractivity contribution < 1.29 is 48.8 Å². The number of alkyl carbamates (subject to hydrolysis) is 1. The van der Waals surface area contributed by atoms with Crippen molar-refractivity contribution in [3.05, 3.63) is 72.9 Å². The molecule has 1 aromatic carbocycles. The smallest absolute Gasteiger partial charge is 0.410 e. The van der Waals surface area contributed by atoms with Crippen LogP contribution < -0.4 is 16.8 Å². The third-order valence-corrected chi connectivity index (χ3v) is 5.98. The number of carboxylic acids is 3. The van der Waals surface area contributed by atoms with E-state index in [2.05, 4.69) is 18.5 Å². The Hall–Kier alpha value is -4.69. The van der Waals surface area contributed by atoms with Gasteiger partial charge in [-0.15, -0.1) is 13.2 Å². The fraction of sp³-hybridized carbons (Fsp3) is 0.469. The van der Waals surface area contributed by atoms with E-state index in [0.29, 0.717) is 25.9 Å². The van der Waals surface area contributed by atoms with Gasteiger partial charge in [-0.2, -0.15) is 0 Å².